The lowest BCUT2D eigenvalue weighted by Crippen LogP contribution is -2.44. The molecule has 3 aromatic carbocycles. The van der Waals surface area contributed by atoms with Gasteiger partial charge in [-0.15, -0.1) is 20.4 Å². The van der Waals surface area contributed by atoms with E-state index in [1.54, 1.807) is 74.4 Å². The molecule has 0 radical (unpaired) electrons. The fourth-order valence-corrected chi connectivity index (χ4v) is 9.53. The molecule has 2 aromatic heterocycles. The molecule has 5 heterocycles. The van der Waals surface area contributed by atoms with Crippen molar-refractivity contribution in [2.24, 2.45) is 0 Å². The number of hydrogen-bond acceptors (Lipinski definition) is 20. The zero-order chi connectivity index (χ0) is 62.9. The van der Waals surface area contributed by atoms with Gasteiger partial charge in [0.1, 0.15) is 34.9 Å². The Kier molecular flexibility index (Phi) is 24.4. The highest BCUT2D eigenvalue weighted by Crippen LogP contribution is 2.32. The average Bonchev–Trinajstić information content (AvgIpc) is 2.88. The number of carboxylic acid groups (broad SMARTS) is 1. The molecule has 0 spiro atoms. The van der Waals surface area contributed by atoms with Crippen LogP contribution >= 0.6 is 0 Å². The average molecular weight is 1190 g/mol. The summed E-state index contributed by atoms with van der Waals surface area (Å²) >= 11 is 0. The fourth-order valence-electron chi connectivity index (χ4n) is 8.45. The van der Waals surface area contributed by atoms with Crippen LogP contribution in [0.2, 0.25) is 0 Å². The summed E-state index contributed by atoms with van der Waals surface area (Å²) < 4.78 is 55.8. The van der Waals surface area contributed by atoms with E-state index in [1.807, 2.05) is 95.3 Å². The molecule has 3 saturated heterocycles. The summed E-state index contributed by atoms with van der Waals surface area (Å²) in [4.78, 5) is 79.6. The van der Waals surface area contributed by atoms with Crippen LogP contribution in [0.1, 0.15) is 127 Å². The molecule has 26 nitrogen and oxygen atoms in total. The summed E-state index contributed by atoms with van der Waals surface area (Å²) in [5, 5.41) is 34.5. The van der Waals surface area contributed by atoms with Crippen molar-refractivity contribution in [1.82, 2.24) is 55.1 Å². The number of carboxylic acids is 1. The van der Waals surface area contributed by atoms with Gasteiger partial charge in [-0.1, -0.05) is 106 Å². The van der Waals surface area contributed by atoms with Crippen molar-refractivity contribution in [1.29, 1.82) is 0 Å². The minimum absolute atomic E-state index is 0.00297. The molecular weight excluding hydrogens is 1110 g/mol. The Morgan fingerprint density at radius 1 is 0.524 bits per heavy atom. The van der Waals surface area contributed by atoms with Crippen molar-refractivity contribution < 1.29 is 70.2 Å². The van der Waals surface area contributed by atoms with Crippen LogP contribution in [0, 0.1) is 6.92 Å². The molecule has 5 unspecified atom stereocenters. The maximum absolute atomic E-state index is 12.5. The van der Waals surface area contributed by atoms with Crippen LogP contribution in [-0.2, 0) is 52.4 Å². The number of aryl methyl sites for hydroxylation is 1. The molecule has 3 amide bonds. The highest BCUT2D eigenvalue weighted by atomic mass is 32.2. The molecule has 5 aromatic rings. The Morgan fingerprint density at radius 2 is 0.881 bits per heavy atom. The van der Waals surface area contributed by atoms with Gasteiger partial charge in [0.2, 0.25) is 11.6 Å². The molecule has 460 valence electrons. The SMILES string of the molecule is CC.CC.CC(C)(C)OC(=O)N1CC(n2nnc(-c3ccccc3)n2)CC1C(=O)O.COC(=O)C1CC(n2nnc(-c3ccccc3)n2)CN1C(=O)OC(C)(C)C.COC(=O)C1C[C@@H](OS(=O)(=O)c2ccc(C)cc2)CN1C(=O)OC(C)(C)C. The smallest absolute Gasteiger partial charge is 0.411 e. The van der Waals surface area contributed by atoms with Crippen LogP contribution in [0.3, 0.4) is 0 Å². The summed E-state index contributed by atoms with van der Waals surface area (Å²) in [5.74, 6) is -1.29. The predicted molar refractivity (Wildman–Crippen MR) is 306 cm³/mol. The molecule has 27 heteroatoms. The molecule has 3 aliphatic heterocycles. The van der Waals surface area contributed by atoms with Gasteiger partial charge in [0.15, 0.2) is 0 Å². The number of esters is 2. The first-order valence-corrected chi connectivity index (χ1v) is 28.9. The Hall–Kier alpha value is -8.07. The number of nitrogens with zero attached hydrogens (tertiary/aromatic N) is 11. The van der Waals surface area contributed by atoms with Gasteiger partial charge >= 0.3 is 36.2 Å². The topological polar surface area (TPSA) is 309 Å². The number of carbonyl (C=O) groups excluding carboxylic acids is 5. The van der Waals surface area contributed by atoms with Crippen LogP contribution < -0.4 is 0 Å². The largest absolute Gasteiger partial charge is 0.480 e. The standard InChI is InChI=1S/C18H23N5O4.C18H25NO7S.C17H21N5O4.2C2H6/c1-18(2,3)27-17(25)22-11-13(10-14(22)16(24)26-4)23-20-15(19-21-23)12-8-6-5-7-9-12;1-12-6-8-14(9-7-12)27(22,23)26-13-10-15(16(20)24-5)19(11-13)17(21)25-18(2,3)4;1-17(2,3)26-16(25)21-10-12(9-13(21)15(23)24)22-19-14(18-20-22)11-7-5-4-6-8-11;2*1-2/h5-9,13-14H,10-11H2,1-4H3;6-9,13,15H,10-11H2,1-5H3;4-8,12-13H,9-10H2,1-3H3,(H,23,24);2*1-2H3/t;13-,15?;;;/m.1.../s1. The third kappa shape index (κ3) is 19.5. The molecular formula is C57H81N11O15S. The first-order chi connectivity index (χ1) is 39.4. The summed E-state index contributed by atoms with van der Waals surface area (Å²) in [6.45, 7) is 25.8. The van der Waals surface area contributed by atoms with E-state index in [-0.39, 0.29) is 49.5 Å². The number of ether oxygens (including phenoxy) is 5. The predicted octanol–water partition coefficient (Wildman–Crippen LogP) is 8.34. The van der Waals surface area contributed by atoms with Crippen LogP contribution in [0.25, 0.3) is 22.8 Å². The second kappa shape index (κ2) is 30.0. The van der Waals surface area contributed by atoms with Gasteiger partial charge in [-0.2, -0.15) is 18.0 Å². The number of carbonyl (C=O) groups is 6. The lowest BCUT2D eigenvalue weighted by Gasteiger charge is -2.27. The molecule has 0 saturated carbocycles. The summed E-state index contributed by atoms with van der Waals surface area (Å²) in [6, 6.07) is 21.7. The second-order valence-electron chi connectivity index (χ2n) is 21.9. The molecule has 0 bridgehead atoms. The van der Waals surface area contributed by atoms with Crippen molar-refractivity contribution in [3.63, 3.8) is 0 Å². The zero-order valence-electron chi connectivity index (χ0n) is 50.8. The normalized spacial score (nSPS) is 19.3. The summed E-state index contributed by atoms with van der Waals surface area (Å²) in [6.07, 6.45) is -2.31. The second-order valence-corrected chi connectivity index (χ2v) is 23.5. The number of rotatable bonds is 10. The first kappa shape index (κ1) is 68.4. The van der Waals surface area contributed by atoms with Crippen molar-refractivity contribution in [3.8, 4) is 22.8 Å². The number of hydrogen-bond donors (Lipinski definition) is 1. The third-order valence-corrected chi connectivity index (χ3v) is 13.5. The van der Waals surface area contributed by atoms with E-state index in [0.29, 0.717) is 18.1 Å². The first-order valence-electron chi connectivity index (χ1n) is 27.5. The van der Waals surface area contributed by atoms with E-state index in [1.165, 1.54) is 45.7 Å². The van der Waals surface area contributed by atoms with Crippen LogP contribution in [0.15, 0.2) is 89.8 Å². The van der Waals surface area contributed by atoms with Crippen molar-refractivity contribution in [3.05, 3.63) is 90.5 Å². The lowest BCUT2D eigenvalue weighted by atomic mass is 10.2. The number of tetrazole rings is 2. The van der Waals surface area contributed by atoms with E-state index in [9.17, 15) is 42.3 Å². The Bertz CT molecular complexity index is 3070. The zero-order valence-corrected chi connectivity index (χ0v) is 51.6. The minimum atomic E-state index is -4.03. The number of amides is 3. The number of aromatic nitrogens is 8. The van der Waals surface area contributed by atoms with E-state index in [4.69, 9.17) is 27.9 Å². The fraction of sp³-hybridized carbons (Fsp3) is 0.544. The maximum atomic E-state index is 12.5. The van der Waals surface area contributed by atoms with Gasteiger partial charge in [-0.05, 0) is 91.8 Å². The van der Waals surface area contributed by atoms with Crippen LogP contribution in [-0.4, -0.2) is 180 Å². The molecule has 3 fully saturated rings. The van der Waals surface area contributed by atoms with E-state index >= 15 is 0 Å². The van der Waals surface area contributed by atoms with Crippen molar-refractivity contribution >= 4 is 46.3 Å². The number of benzene rings is 3. The molecule has 8 rings (SSSR count). The summed E-state index contributed by atoms with van der Waals surface area (Å²) in [5.41, 5.74) is 0.443. The van der Waals surface area contributed by atoms with Gasteiger partial charge in [-0.3, -0.25) is 18.9 Å². The van der Waals surface area contributed by atoms with Crippen LogP contribution in [0.4, 0.5) is 14.4 Å². The van der Waals surface area contributed by atoms with Gasteiger partial charge in [0.05, 0.1) is 43.8 Å². The van der Waals surface area contributed by atoms with Gasteiger partial charge in [0, 0.05) is 43.5 Å². The Morgan fingerprint density at radius 3 is 1.25 bits per heavy atom. The van der Waals surface area contributed by atoms with Gasteiger partial charge in [-0.25, -0.2) is 28.8 Å². The minimum Gasteiger partial charge on any atom is -0.480 e. The quantitative estimate of drug-likeness (QED) is 0.0780. The van der Waals surface area contributed by atoms with Crippen molar-refractivity contribution in [2.45, 2.75) is 174 Å². The lowest BCUT2D eigenvalue weighted by molar-refractivity contribution is -0.146. The molecule has 3 aliphatic rings. The molecule has 84 heavy (non-hydrogen) atoms. The summed E-state index contributed by atoms with van der Waals surface area (Å²) in [7, 11) is -1.53. The van der Waals surface area contributed by atoms with Crippen molar-refractivity contribution in [2.75, 3.05) is 33.9 Å². The van der Waals surface area contributed by atoms with Gasteiger partial charge < -0.3 is 28.8 Å². The van der Waals surface area contributed by atoms with Crippen LogP contribution in [0.5, 0.6) is 0 Å². The number of aliphatic carboxylic acids is 1. The molecule has 0 aliphatic carbocycles. The Labute approximate surface area is 491 Å². The molecule has 6 atom stereocenters. The van der Waals surface area contributed by atoms with E-state index in [2.05, 4.69) is 30.8 Å². The highest BCUT2D eigenvalue weighted by Gasteiger charge is 2.47. The highest BCUT2D eigenvalue weighted by molar-refractivity contribution is 7.86. The third-order valence-electron chi connectivity index (χ3n) is 12.1. The maximum Gasteiger partial charge on any atom is 0.411 e. The monoisotopic (exact) mass is 1190 g/mol. The number of likely N-dealkylation sites (tertiary alicyclic amines) is 3. The van der Waals surface area contributed by atoms with Gasteiger partial charge in [0.25, 0.3) is 10.1 Å². The van der Waals surface area contributed by atoms with E-state index < -0.39 is 87.3 Å². The molecule has 1 N–H and O–H groups in total. The number of methoxy groups -OCH3 is 2. The van der Waals surface area contributed by atoms with E-state index in [0.717, 1.165) is 21.6 Å². The Balaban J connectivity index is 0.000000262.